The molecule has 1 fully saturated rings. The molecular formula is C51H64F3N7O8S. The van der Waals surface area contributed by atoms with Crippen molar-refractivity contribution in [3.05, 3.63) is 94.6 Å². The van der Waals surface area contributed by atoms with E-state index in [2.05, 4.69) is 26.3 Å². The number of carbonyl (C=O) groups is 4. The molecule has 2 heterocycles. The first-order valence-electron chi connectivity index (χ1n) is 23.3. The number of hydrogen-bond acceptors (Lipinski definition) is 12. The Kier molecular flexibility index (Phi) is 19.3. The minimum atomic E-state index is -4.75. The summed E-state index contributed by atoms with van der Waals surface area (Å²) in [5, 5.41) is 31.0. The Hall–Kier alpha value is -6.07. The number of aliphatic hydroxyl groups is 1. The fourth-order valence-corrected chi connectivity index (χ4v) is 8.53. The summed E-state index contributed by atoms with van der Waals surface area (Å²) in [7, 11) is 0. The number of likely N-dealkylation sites (tertiary alicyclic amines) is 1. The molecule has 3 aromatic carbocycles. The fourth-order valence-electron chi connectivity index (χ4n) is 7.71. The smallest absolute Gasteiger partial charge is 0.417 e. The van der Waals surface area contributed by atoms with Crippen molar-refractivity contribution in [2.24, 2.45) is 5.41 Å². The van der Waals surface area contributed by atoms with Gasteiger partial charge in [-0.3, -0.25) is 19.2 Å². The average molecular weight is 992 g/mol. The monoisotopic (exact) mass is 991 g/mol. The molecule has 1 aliphatic rings. The van der Waals surface area contributed by atoms with Crippen molar-refractivity contribution in [2.75, 3.05) is 50.2 Å². The molecule has 5 rings (SSSR count). The van der Waals surface area contributed by atoms with Gasteiger partial charge in [-0.1, -0.05) is 45.0 Å². The number of benzene rings is 3. The second kappa shape index (κ2) is 24.7. The first-order chi connectivity index (χ1) is 33.1. The van der Waals surface area contributed by atoms with E-state index in [1.165, 1.54) is 17.0 Å². The Morgan fingerprint density at radius 3 is 2.19 bits per heavy atom. The Labute approximate surface area is 411 Å². The van der Waals surface area contributed by atoms with Crippen LogP contribution in [0.4, 0.5) is 24.5 Å². The van der Waals surface area contributed by atoms with Crippen LogP contribution in [0.5, 0.6) is 5.75 Å². The van der Waals surface area contributed by atoms with Crippen molar-refractivity contribution < 1.29 is 51.7 Å². The highest BCUT2D eigenvalue weighted by Crippen LogP contribution is 2.34. The molecule has 0 saturated carbocycles. The number of carbonyl (C=O) groups excluding carboxylic acids is 4. The van der Waals surface area contributed by atoms with Crippen molar-refractivity contribution in [3.63, 3.8) is 0 Å². The van der Waals surface area contributed by atoms with Crippen molar-refractivity contribution in [1.82, 2.24) is 20.5 Å². The molecule has 70 heavy (non-hydrogen) atoms. The molecule has 1 aromatic heterocycles. The molecule has 0 spiro atoms. The number of β-amino-alcohol motifs (C(OH)–C–C–N with tert-alkyl or cyclic N) is 1. The van der Waals surface area contributed by atoms with Crippen LogP contribution in [0.3, 0.4) is 0 Å². The van der Waals surface area contributed by atoms with E-state index in [4.69, 9.17) is 19.5 Å². The molecule has 4 amide bonds. The predicted molar refractivity (Wildman–Crippen MR) is 261 cm³/mol. The number of unbranched alkanes of at least 4 members (excludes halogenated alkanes) is 2. The lowest BCUT2D eigenvalue weighted by Gasteiger charge is -2.35. The zero-order chi connectivity index (χ0) is 51.2. The summed E-state index contributed by atoms with van der Waals surface area (Å²) < 4.78 is 57.3. The van der Waals surface area contributed by atoms with E-state index < -0.39 is 64.2 Å². The maximum atomic E-state index is 14.0. The summed E-state index contributed by atoms with van der Waals surface area (Å²) >= 11 is 1.56. The molecule has 15 nitrogen and oxygen atoms in total. The zero-order valence-corrected chi connectivity index (χ0v) is 41.5. The van der Waals surface area contributed by atoms with Gasteiger partial charge in [0, 0.05) is 44.2 Å². The molecule has 1 aliphatic heterocycles. The van der Waals surface area contributed by atoms with E-state index in [-0.39, 0.29) is 43.8 Å². The Balaban J connectivity index is 0.938. The summed E-state index contributed by atoms with van der Waals surface area (Å²) in [6, 6.07) is 17.1. The number of hydrogen-bond donors (Lipinski definition) is 5. The van der Waals surface area contributed by atoms with Gasteiger partial charge >= 0.3 is 6.18 Å². The Morgan fingerprint density at radius 1 is 0.886 bits per heavy atom. The molecule has 0 radical (unpaired) electrons. The topological polar surface area (TPSA) is 204 Å². The van der Waals surface area contributed by atoms with E-state index in [0.717, 1.165) is 53.1 Å². The van der Waals surface area contributed by atoms with Crippen molar-refractivity contribution in [3.8, 4) is 22.3 Å². The summed E-state index contributed by atoms with van der Waals surface area (Å²) in [6.45, 7) is 13.9. The number of nitriles is 1. The number of aryl methyl sites for hydroxylation is 1. The van der Waals surface area contributed by atoms with Crippen LogP contribution in [-0.4, -0.2) is 102 Å². The fraction of sp³-hybridized carbons (Fsp3) is 0.490. The second-order valence-corrected chi connectivity index (χ2v) is 19.8. The number of aliphatic hydroxyl groups excluding tert-OH is 1. The first-order valence-corrected chi connectivity index (χ1v) is 24.1. The van der Waals surface area contributed by atoms with Crippen LogP contribution in [0.1, 0.15) is 102 Å². The van der Waals surface area contributed by atoms with Crippen molar-refractivity contribution in [2.45, 2.75) is 117 Å². The summed E-state index contributed by atoms with van der Waals surface area (Å²) in [4.78, 5) is 60.4. The number of amides is 4. The standard InChI is InChI=1S/C51H64F3N7O8S/c1-32(34-12-14-35(15-13-34)44-33(2)56-31-70-44)57-46(64)42-27-39(62)29-61(42)47(65)45(49(3,4)5)59-43(63)30-68-24-11-23-67-22-9-8-10-25-69-40-20-18-37(19-21-40)60-50(6,7)48(66)58-38-17-16-36(28-55)41(26-38)51(52,53)54/h12-21,26,31-32,39,42,45,60,62H,8-11,22-25,27,29-30H2,1-7H3,(H,57,64)(H,58,66)(H,59,63)/t32-,39+,42-,45+/m0/s1. The molecule has 4 aromatic rings. The van der Waals surface area contributed by atoms with E-state index in [1.54, 1.807) is 55.0 Å². The number of nitrogens with one attached hydrogen (secondary N) is 4. The number of aromatic nitrogens is 1. The highest BCUT2D eigenvalue weighted by atomic mass is 32.1. The van der Waals surface area contributed by atoms with E-state index in [9.17, 15) is 37.5 Å². The maximum Gasteiger partial charge on any atom is 0.417 e. The molecule has 1 saturated heterocycles. The Morgan fingerprint density at radius 2 is 1.54 bits per heavy atom. The predicted octanol–water partition coefficient (Wildman–Crippen LogP) is 8.18. The van der Waals surface area contributed by atoms with Gasteiger partial charge in [0.25, 0.3) is 0 Å². The SMILES string of the molecule is Cc1ncsc1-c1ccc([C@H](C)NC(=O)[C@@H]2C[C@@H](O)CN2C(=O)[C@@H](NC(=O)COCCCOCCCCCOc2ccc(NC(C)(C)C(=O)Nc3ccc(C#N)c(C(F)(F)F)c3)cc2)C(C)(C)C)cc1. The summed E-state index contributed by atoms with van der Waals surface area (Å²) in [5.41, 5.74) is 1.62. The number of ether oxygens (including phenoxy) is 3. The van der Waals surface area contributed by atoms with Gasteiger partial charge in [0.1, 0.15) is 30.0 Å². The summed E-state index contributed by atoms with van der Waals surface area (Å²) in [6.07, 6.45) is -2.54. The van der Waals surface area contributed by atoms with Crippen LogP contribution in [-0.2, 0) is 34.8 Å². The number of rotatable bonds is 23. The summed E-state index contributed by atoms with van der Waals surface area (Å²) in [5.74, 6) is -1.26. The van der Waals surface area contributed by atoms with E-state index in [0.29, 0.717) is 37.7 Å². The third-order valence-electron chi connectivity index (χ3n) is 11.7. The molecule has 5 N–H and O–H groups in total. The van der Waals surface area contributed by atoms with Crippen LogP contribution >= 0.6 is 11.3 Å². The lowest BCUT2D eigenvalue weighted by atomic mass is 9.85. The molecule has 0 aliphatic carbocycles. The van der Waals surface area contributed by atoms with Crippen LogP contribution in [0, 0.1) is 23.7 Å². The van der Waals surface area contributed by atoms with Crippen molar-refractivity contribution >= 4 is 46.3 Å². The van der Waals surface area contributed by atoms with E-state index >= 15 is 0 Å². The van der Waals surface area contributed by atoms with Gasteiger partial charge in [0.15, 0.2) is 0 Å². The van der Waals surface area contributed by atoms with Crippen molar-refractivity contribution in [1.29, 1.82) is 5.26 Å². The van der Waals surface area contributed by atoms with Gasteiger partial charge < -0.3 is 45.5 Å². The number of halogens is 3. The van der Waals surface area contributed by atoms with Gasteiger partial charge in [0.05, 0.1) is 52.0 Å². The molecule has 19 heteroatoms. The average Bonchev–Trinajstić information content (AvgIpc) is 3.93. The molecule has 0 bridgehead atoms. The van der Waals surface area contributed by atoms with Gasteiger partial charge in [-0.05, 0) is 112 Å². The molecule has 4 atom stereocenters. The lowest BCUT2D eigenvalue weighted by Crippen LogP contribution is -2.58. The van der Waals surface area contributed by atoms with Gasteiger partial charge in [-0.25, -0.2) is 4.98 Å². The number of thiazole rings is 1. The number of anilines is 2. The third-order valence-corrected chi connectivity index (χ3v) is 12.6. The highest BCUT2D eigenvalue weighted by molar-refractivity contribution is 7.13. The number of alkyl halides is 3. The van der Waals surface area contributed by atoms with Crippen LogP contribution < -0.4 is 26.0 Å². The Bertz CT molecular complexity index is 2430. The normalized spacial score (nSPS) is 15.9. The second-order valence-electron chi connectivity index (χ2n) is 18.9. The molecule has 378 valence electrons. The minimum absolute atomic E-state index is 0.0316. The maximum absolute atomic E-state index is 14.0. The largest absolute Gasteiger partial charge is 0.494 e. The van der Waals surface area contributed by atoms with Gasteiger partial charge in [0.2, 0.25) is 23.6 Å². The lowest BCUT2D eigenvalue weighted by molar-refractivity contribution is -0.144. The third kappa shape index (κ3) is 15.7. The van der Waals surface area contributed by atoms with Crippen LogP contribution in [0.2, 0.25) is 0 Å². The number of nitrogens with zero attached hydrogens (tertiary/aromatic N) is 3. The van der Waals surface area contributed by atoms with Gasteiger partial charge in [-0.2, -0.15) is 18.4 Å². The van der Waals surface area contributed by atoms with Crippen LogP contribution in [0.25, 0.3) is 10.4 Å². The van der Waals surface area contributed by atoms with E-state index in [1.807, 2.05) is 58.9 Å². The quantitative estimate of drug-likeness (QED) is 0.0449. The van der Waals surface area contributed by atoms with Crippen LogP contribution in [0.15, 0.2) is 72.2 Å². The minimum Gasteiger partial charge on any atom is -0.494 e. The highest BCUT2D eigenvalue weighted by Gasteiger charge is 2.45. The zero-order valence-electron chi connectivity index (χ0n) is 40.7. The molecular weight excluding hydrogens is 928 g/mol. The molecule has 0 unspecified atom stereocenters. The van der Waals surface area contributed by atoms with Gasteiger partial charge in [-0.15, -0.1) is 11.3 Å². The first kappa shape index (κ1) is 54.9.